The fourth-order valence-electron chi connectivity index (χ4n) is 5.72. The van der Waals surface area contributed by atoms with Gasteiger partial charge in [-0.3, -0.25) is 0 Å². The van der Waals surface area contributed by atoms with E-state index >= 15 is 0 Å². The van der Waals surface area contributed by atoms with Crippen molar-refractivity contribution in [3.8, 4) is 11.1 Å². The van der Waals surface area contributed by atoms with E-state index in [0.717, 1.165) is 84.0 Å². The second kappa shape index (κ2) is 16.6. The van der Waals surface area contributed by atoms with Gasteiger partial charge in [-0.1, -0.05) is 81.8 Å². The van der Waals surface area contributed by atoms with Gasteiger partial charge < -0.3 is 19.7 Å². The van der Waals surface area contributed by atoms with Gasteiger partial charge in [0, 0.05) is 25.8 Å². The lowest BCUT2D eigenvalue weighted by Gasteiger charge is -2.32. The fourth-order valence-corrected chi connectivity index (χ4v) is 5.72. The van der Waals surface area contributed by atoms with E-state index in [1.54, 1.807) is 0 Å². The topological polar surface area (TPSA) is 81.0 Å². The van der Waals surface area contributed by atoms with E-state index in [2.05, 4.69) is 55.4 Å². The van der Waals surface area contributed by atoms with Crippen molar-refractivity contribution in [2.45, 2.75) is 104 Å². The summed E-state index contributed by atoms with van der Waals surface area (Å²) in [5.74, 6) is -0.420. The molecule has 0 aliphatic heterocycles. The van der Waals surface area contributed by atoms with E-state index in [1.165, 1.54) is 26.2 Å². The molecular weight excluding hydrogens is 512 g/mol. The lowest BCUT2D eigenvalue weighted by Crippen LogP contribution is -2.37. The lowest BCUT2D eigenvalue weighted by atomic mass is 9.78. The minimum absolute atomic E-state index is 0.420. The number of nitrogens with one attached hydrogen (secondary N) is 1. The SMILES string of the molecule is CCCCCCC(=N)c1ccc2c(c1)C(COCC)(COCC)c1cc(/C(CCCCCC)=N/OC(C)=O)ccc1-2. The molecule has 0 heterocycles. The summed E-state index contributed by atoms with van der Waals surface area (Å²) in [7, 11) is 0. The van der Waals surface area contributed by atoms with E-state index in [-0.39, 0.29) is 0 Å². The van der Waals surface area contributed by atoms with Crippen LogP contribution in [0.2, 0.25) is 0 Å². The Kier molecular flexibility index (Phi) is 13.2. The van der Waals surface area contributed by atoms with Crippen molar-refractivity contribution >= 4 is 17.4 Å². The van der Waals surface area contributed by atoms with Gasteiger partial charge in [0.2, 0.25) is 0 Å². The number of rotatable bonds is 19. The van der Waals surface area contributed by atoms with Crippen molar-refractivity contribution < 1.29 is 19.1 Å². The number of hydrogen-bond acceptors (Lipinski definition) is 6. The molecule has 6 nitrogen and oxygen atoms in total. The Labute approximate surface area is 247 Å². The van der Waals surface area contributed by atoms with Crippen LogP contribution in [0.4, 0.5) is 0 Å². The van der Waals surface area contributed by atoms with Crippen LogP contribution in [-0.2, 0) is 24.5 Å². The van der Waals surface area contributed by atoms with Crippen LogP contribution < -0.4 is 0 Å². The molecule has 0 saturated carbocycles. The zero-order valence-electron chi connectivity index (χ0n) is 25.9. The lowest BCUT2D eigenvalue weighted by molar-refractivity contribution is -0.140. The number of carbonyl (C=O) groups is 1. The second-order valence-electron chi connectivity index (χ2n) is 11.1. The van der Waals surface area contributed by atoms with Crippen LogP contribution in [0.15, 0.2) is 41.6 Å². The largest absolute Gasteiger partial charge is 0.380 e. The standard InChI is InChI=1S/C35H50N2O4/c1-6-10-12-14-16-33(36)27-18-20-29-30-21-19-28(34(37-41-26(5)38)17-15-13-11-7-2)23-32(30)35(24-39-8-3,25-40-9-4)31(29)22-27/h18-23,36H,6-17,24-25H2,1-5H3/b36-33?,37-34+. The van der Waals surface area contributed by atoms with Crippen LogP contribution in [0.1, 0.15) is 121 Å². The zero-order chi connectivity index (χ0) is 29.7. The van der Waals surface area contributed by atoms with Gasteiger partial charge in [0.25, 0.3) is 0 Å². The molecular formula is C35H50N2O4. The molecule has 0 unspecified atom stereocenters. The number of nitrogens with zero attached hydrogens (tertiary/aromatic N) is 1. The van der Waals surface area contributed by atoms with E-state index in [9.17, 15) is 4.79 Å². The van der Waals surface area contributed by atoms with Crippen LogP contribution in [0, 0.1) is 5.41 Å². The van der Waals surface area contributed by atoms with Gasteiger partial charge in [-0.25, -0.2) is 4.79 Å². The number of unbranched alkanes of at least 4 members (excludes halogenated alkanes) is 6. The highest BCUT2D eigenvalue weighted by atomic mass is 16.7. The van der Waals surface area contributed by atoms with Crippen LogP contribution in [0.3, 0.4) is 0 Å². The molecule has 0 aromatic heterocycles. The third kappa shape index (κ3) is 8.36. The van der Waals surface area contributed by atoms with Crippen molar-refractivity contribution in [2.24, 2.45) is 5.16 Å². The molecule has 2 aromatic rings. The molecule has 0 bridgehead atoms. The first-order valence-corrected chi connectivity index (χ1v) is 15.7. The summed E-state index contributed by atoms with van der Waals surface area (Å²) in [5.41, 5.74) is 7.49. The summed E-state index contributed by atoms with van der Waals surface area (Å²) < 4.78 is 12.3. The van der Waals surface area contributed by atoms with Crippen molar-refractivity contribution in [2.75, 3.05) is 26.4 Å². The minimum Gasteiger partial charge on any atom is -0.380 e. The highest BCUT2D eigenvalue weighted by Gasteiger charge is 2.44. The summed E-state index contributed by atoms with van der Waals surface area (Å²) in [5, 5.41) is 13.1. The van der Waals surface area contributed by atoms with Gasteiger partial charge >= 0.3 is 5.97 Å². The summed E-state index contributed by atoms with van der Waals surface area (Å²) in [6.45, 7) is 12.0. The number of fused-ring (bicyclic) bond motifs is 3. The third-order valence-electron chi connectivity index (χ3n) is 7.98. The fraction of sp³-hybridized carbons (Fsp3) is 0.571. The van der Waals surface area contributed by atoms with Gasteiger partial charge in [-0.2, -0.15) is 0 Å². The van der Waals surface area contributed by atoms with E-state index in [1.807, 2.05) is 13.8 Å². The zero-order valence-corrected chi connectivity index (χ0v) is 25.9. The number of hydrogen-bond donors (Lipinski definition) is 1. The Bertz CT molecular complexity index is 1180. The molecule has 224 valence electrons. The van der Waals surface area contributed by atoms with Gasteiger partial charge in [-0.15, -0.1) is 0 Å². The van der Waals surface area contributed by atoms with E-state index in [0.29, 0.717) is 32.1 Å². The van der Waals surface area contributed by atoms with Crippen molar-refractivity contribution in [1.82, 2.24) is 0 Å². The Morgan fingerprint density at radius 2 is 1.29 bits per heavy atom. The van der Waals surface area contributed by atoms with Crippen LogP contribution in [0.5, 0.6) is 0 Å². The van der Waals surface area contributed by atoms with E-state index in [4.69, 9.17) is 19.7 Å². The molecule has 3 rings (SSSR count). The first-order valence-electron chi connectivity index (χ1n) is 15.7. The number of ether oxygens (including phenoxy) is 2. The highest BCUT2D eigenvalue weighted by molar-refractivity contribution is 6.02. The molecule has 41 heavy (non-hydrogen) atoms. The van der Waals surface area contributed by atoms with Crippen LogP contribution in [0.25, 0.3) is 11.1 Å². The number of benzene rings is 2. The average molecular weight is 563 g/mol. The first-order chi connectivity index (χ1) is 19.9. The van der Waals surface area contributed by atoms with Gasteiger partial charge in [0.1, 0.15) is 0 Å². The van der Waals surface area contributed by atoms with Crippen molar-refractivity contribution in [3.63, 3.8) is 0 Å². The average Bonchev–Trinajstić information content (AvgIpc) is 3.25. The maximum Gasteiger partial charge on any atom is 0.331 e. The van der Waals surface area contributed by atoms with Crippen molar-refractivity contribution in [3.05, 3.63) is 58.7 Å². The molecule has 0 spiro atoms. The third-order valence-corrected chi connectivity index (χ3v) is 7.98. The molecule has 2 aromatic carbocycles. The Hall–Kier alpha value is -2.83. The summed E-state index contributed by atoms with van der Waals surface area (Å²) in [6.07, 6.45) is 10.5. The van der Waals surface area contributed by atoms with Gasteiger partial charge in [-0.05, 0) is 85.0 Å². The molecule has 1 aliphatic rings. The Morgan fingerprint density at radius 3 is 1.83 bits per heavy atom. The molecule has 6 heteroatoms. The quantitative estimate of drug-likeness (QED) is 0.0804. The van der Waals surface area contributed by atoms with Gasteiger partial charge in [0.05, 0.1) is 24.3 Å². The predicted octanol–water partition coefficient (Wildman–Crippen LogP) is 8.60. The van der Waals surface area contributed by atoms with E-state index < -0.39 is 11.4 Å². The molecule has 0 fully saturated rings. The predicted molar refractivity (Wildman–Crippen MR) is 168 cm³/mol. The molecule has 0 atom stereocenters. The Morgan fingerprint density at radius 1 is 0.756 bits per heavy atom. The summed E-state index contributed by atoms with van der Waals surface area (Å²) in [4.78, 5) is 16.8. The second-order valence-corrected chi connectivity index (χ2v) is 11.1. The first kappa shape index (κ1) is 32.7. The molecule has 1 N–H and O–H groups in total. The summed E-state index contributed by atoms with van der Waals surface area (Å²) in [6, 6.07) is 12.9. The maximum atomic E-state index is 11.6. The molecule has 0 radical (unpaired) electrons. The van der Waals surface area contributed by atoms with Gasteiger partial charge in [0.15, 0.2) is 0 Å². The molecule has 0 amide bonds. The Balaban J connectivity index is 2.08. The van der Waals surface area contributed by atoms with Crippen LogP contribution in [-0.4, -0.2) is 43.8 Å². The number of oxime groups is 1. The highest BCUT2D eigenvalue weighted by Crippen LogP contribution is 2.50. The van der Waals surface area contributed by atoms with Crippen molar-refractivity contribution in [1.29, 1.82) is 5.41 Å². The normalized spacial score (nSPS) is 13.6. The monoisotopic (exact) mass is 562 g/mol. The minimum atomic E-state index is -0.514. The number of carbonyl (C=O) groups excluding carboxylic acids is 1. The molecule has 0 saturated heterocycles. The maximum absolute atomic E-state index is 11.6. The summed E-state index contributed by atoms with van der Waals surface area (Å²) >= 11 is 0. The smallest absolute Gasteiger partial charge is 0.331 e. The molecule has 1 aliphatic carbocycles. The van der Waals surface area contributed by atoms with Crippen LogP contribution >= 0.6 is 0 Å².